The van der Waals surface area contributed by atoms with Crippen LogP contribution in [0.2, 0.25) is 0 Å². The molecule has 1 rings (SSSR count). The van der Waals surface area contributed by atoms with Gasteiger partial charge < -0.3 is 15.7 Å². The Labute approximate surface area is 125 Å². The van der Waals surface area contributed by atoms with E-state index in [9.17, 15) is 14.7 Å². The second-order valence-corrected chi connectivity index (χ2v) is 5.74. The van der Waals surface area contributed by atoms with Crippen molar-refractivity contribution in [2.24, 2.45) is 5.92 Å². The average molecular weight is 292 g/mol. The predicted octanol–water partition coefficient (Wildman–Crippen LogP) is 2.17. The summed E-state index contributed by atoms with van der Waals surface area (Å²) in [5.41, 5.74) is 0.871. The number of nitrogens with one attached hydrogen (secondary N) is 2. The Bertz CT molecular complexity index is 498. The number of benzene rings is 1. The minimum atomic E-state index is -0.693. The van der Waals surface area contributed by atoms with E-state index in [2.05, 4.69) is 10.6 Å². The molecule has 0 fully saturated rings. The molecule has 0 saturated carbocycles. The average Bonchev–Trinajstić information content (AvgIpc) is 2.38. The van der Waals surface area contributed by atoms with Crippen LogP contribution in [0.25, 0.3) is 0 Å². The van der Waals surface area contributed by atoms with Gasteiger partial charge in [-0.3, -0.25) is 9.59 Å². The highest BCUT2D eigenvalue weighted by Crippen LogP contribution is 2.16. The van der Waals surface area contributed by atoms with Crippen molar-refractivity contribution in [3.05, 3.63) is 29.8 Å². The van der Waals surface area contributed by atoms with Gasteiger partial charge >= 0.3 is 0 Å². The number of rotatable bonds is 6. The molecule has 0 spiro atoms. The highest BCUT2D eigenvalue weighted by molar-refractivity contribution is 6.03. The van der Waals surface area contributed by atoms with Crippen LogP contribution in [0.15, 0.2) is 24.3 Å². The Morgan fingerprint density at radius 1 is 1.14 bits per heavy atom. The lowest BCUT2D eigenvalue weighted by Gasteiger charge is -2.16. The van der Waals surface area contributed by atoms with Crippen molar-refractivity contribution in [3.63, 3.8) is 0 Å². The van der Waals surface area contributed by atoms with Gasteiger partial charge in [-0.25, -0.2) is 0 Å². The zero-order chi connectivity index (χ0) is 16.0. The summed E-state index contributed by atoms with van der Waals surface area (Å²) in [6.45, 7) is 7.44. The molecule has 5 nitrogen and oxygen atoms in total. The zero-order valence-corrected chi connectivity index (χ0v) is 13.0. The fourth-order valence-corrected chi connectivity index (χ4v) is 1.76. The number of carbonyl (C=O) groups excluding carboxylic acids is 2. The molecule has 5 heteroatoms. The van der Waals surface area contributed by atoms with Crippen LogP contribution in [0.4, 0.5) is 5.69 Å². The maximum atomic E-state index is 12.1. The van der Waals surface area contributed by atoms with Crippen molar-refractivity contribution >= 4 is 17.5 Å². The van der Waals surface area contributed by atoms with Crippen molar-refractivity contribution in [1.29, 1.82) is 0 Å². The van der Waals surface area contributed by atoms with E-state index in [1.54, 1.807) is 24.3 Å². The summed E-state index contributed by atoms with van der Waals surface area (Å²) in [6, 6.07) is 6.85. The lowest BCUT2D eigenvalue weighted by Crippen LogP contribution is -2.31. The Morgan fingerprint density at radius 2 is 1.76 bits per heavy atom. The second kappa shape index (κ2) is 7.78. The van der Waals surface area contributed by atoms with E-state index >= 15 is 0 Å². The number of aliphatic hydroxyl groups excluding tert-OH is 1. The second-order valence-electron chi connectivity index (χ2n) is 5.74. The van der Waals surface area contributed by atoms with Crippen LogP contribution in [0.1, 0.15) is 44.5 Å². The quantitative estimate of drug-likeness (QED) is 0.752. The van der Waals surface area contributed by atoms with Crippen LogP contribution in [0.5, 0.6) is 0 Å². The van der Waals surface area contributed by atoms with E-state index in [1.807, 2.05) is 27.7 Å². The minimum Gasteiger partial charge on any atom is -0.392 e. The first-order chi connectivity index (χ1) is 9.81. The van der Waals surface area contributed by atoms with Crippen LogP contribution in [-0.2, 0) is 4.79 Å². The molecule has 1 unspecified atom stereocenters. The van der Waals surface area contributed by atoms with Gasteiger partial charge in [0.15, 0.2) is 0 Å². The first-order valence-corrected chi connectivity index (χ1v) is 7.19. The molecule has 2 amide bonds. The highest BCUT2D eigenvalue weighted by atomic mass is 16.3. The normalized spacial score (nSPS) is 12.3. The van der Waals surface area contributed by atoms with Gasteiger partial charge in [0.1, 0.15) is 0 Å². The van der Waals surface area contributed by atoms with Crippen LogP contribution in [0, 0.1) is 5.92 Å². The van der Waals surface area contributed by atoms with Crippen molar-refractivity contribution in [2.75, 3.05) is 5.32 Å². The van der Waals surface area contributed by atoms with Gasteiger partial charge in [0, 0.05) is 6.04 Å². The van der Waals surface area contributed by atoms with E-state index in [-0.39, 0.29) is 30.2 Å². The van der Waals surface area contributed by atoms with Crippen LogP contribution >= 0.6 is 0 Å². The van der Waals surface area contributed by atoms with Crippen molar-refractivity contribution in [3.8, 4) is 0 Å². The maximum Gasteiger partial charge on any atom is 0.253 e. The summed E-state index contributed by atoms with van der Waals surface area (Å²) in [6.07, 6.45) is -0.681. The number of carbonyl (C=O) groups is 2. The van der Waals surface area contributed by atoms with E-state index < -0.39 is 6.10 Å². The smallest absolute Gasteiger partial charge is 0.253 e. The third-order valence-corrected chi connectivity index (χ3v) is 3.03. The summed E-state index contributed by atoms with van der Waals surface area (Å²) in [5, 5.41) is 15.2. The molecule has 3 N–H and O–H groups in total. The Kier molecular flexibility index (Phi) is 6.37. The first kappa shape index (κ1) is 17.2. The van der Waals surface area contributed by atoms with Crippen molar-refractivity contribution in [1.82, 2.24) is 5.32 Å². The summed E-state index contributed by atoms with van der Waals surface area (Å²) < 4.78 is 0. The Morgan fingerprint density at radius 3 is 2.33 bits per heavy atom. The van der Waals surface area contributed by atoms with Gasteiger partial charge in [0.25, 0.3) is 5.91 Å². The summed E-state index contributed by atoms with van der Waals surface area (Å²) in [7, 11) is 0. The van der Waals surface area contributed by atoms with Gasteiger partial charge in [-0.15, -0.1) is 0 Å². The number of para-hydroxylation sites is 1. The number of hydrogen-bond acceptors (Lipinski definition) is 3. The predicted molar refractivity (Wildman–Crippen MR) is 83.1 cm³/mol. The number of hydrogen-bond donors (Lipinski definition) is 3. The van der Waals surface area contributed by atoms with Crippen LogP contribution in [0.3, 0.4) is 0 Å². The molecule has 0 aliphatic heterocycles. The molecule has 0 heterocycles. The fraction of sp³-hybridized carbons (Fsp3) is 0.500. The fourth-order valence-electron chi connectivity index (χ4n) is 1.76. The largest absolute Gasteiger partial charge is 0.392 e. The van der Waals surface area contributed by atoms with Gasteiger partial charge in [0.2, 0.25) is 5.91 Å². The molecule has 1 aromatic carbocycles. The van der Waals surface area contributed by atoms with E-state index in [0.717, 1.165) is 0 Å². The lowest BCUT2D eigenvalue weighted by molar-refractivity contribution is -0.118. The molecule has 0 bridgehead atoms. The molecule has 0 saturated heterocycles. The number of amides is 2. The standard InChI is InChI=1S/C16H24N2O3/c1-10(2)14(19)9-15(20)18-13-8-6-5-7-12(13)16(21)17-11(3)4/h5-8,10-11,14,19H,9H2,1-4H3,(H,17,21)(H,18,20). The minimum absolute atomic E-state index is 0.00948. The Hall–Kier alpha value is -1.88. The van der Waals surface area contributed by atoms with E-state index in [0.29, 0.717) is 11.3 Å². The maximum absolute atomic E-state index is 12.1. The number of anilines is 1. The lowest BCUT2D eigenvalue weighted by atomic mass is 10.0. The molecule has 116 valence electrons. The molecule has 0 aliphatic carbocycles. The molecular formula is C16H24N2O3. The summed E-state index contributed by atoms with van der Waals surface area (Å²) >= 11 is 0. The van der Waals surface area contributed by atoms with E-state index in [4.69, 9.17) is 0 Å². The molecule has 0 aromatic heterocycles. The van der Waals surface area contributed by atoms with Crippen LogP contribution < -0.4 is 10.6 Å². The molecule has 0 radical (unpaired) electrons. The Balaban J connectivity index is 2.79. The number of aliphatic hydroxyl groups is 1. The van der Waals surface area contributed by atoms with Crippen LogP contribution in [-0.4, -0.2) is 29.1 Å². The first-order valence-electron chi connectivity index (χ1n) is 7.19. The SMILES string of the molecule is CC(C)NC(=O)c1ccccc1NC(=O)CC(O)C(C)C. The monoisotopic (exact) mass is 292 g/mol. The molecule has 1 atom stereocenters. The van der Waals surface area contributed by atoms with Gasteiger partial charge in [-0.05, 0) is 31.9 Å². The summed E-state index contributed by atoms with van der Waals surface area (Å²) in [5.74, 6) is -0.526. The molecule has 1 aromatic rings. The van der Waals surface area contributed by atoms with Gasteiger partial charge in [0.05, 0.1) is 23.8 Å². The van der Waals surface area contributed by atoms with Crippen molar-refractivity contribution in [2.45, 2.75) is 46.3 Å². The highest BCUT2D eigenvalue weighted by Gasteiger charge is 2.17. The van der Waals surface area contributed by atoms with Gasteiger partial charge in [-0.2, -0.15) is 0 Å². The third kappa shape index (κ3) is 5.55. The third-order valence-electron chi connectivity index (χ3n) is 3.03. The van der Waals surface area contributed by atoms with Gasteiger partial charge in [-0.1, -0.05) is 26.0 Å². The topological polar surface area (TPSA) is 78.4 Å². The molecule has 21 heavy (non-hydrogen) atoms. The van der Waals surface area contributed by atoms with E-state index in [1.165, 1.54) is 0 Å². The van der Waals surface area contributed by atoms with Crippen molar-refractivity contribution < 1.29 is 14.7 Å². The molecular weight excluding hydrogens is 268 g/mol. The summed E-state index contributed by atoms with van der Waals surface area (Å²) in [4.78, 5) is 24.0. The zero-order valence-electron chi connectivity index (χ0n) is 13.0. The molecule has 0 aliphatic rings.